The molecule has 1 aromatic carbocycles. The molecule has 1 aliphatic rings. The van der Waals surface area contributed by atoms with Crippen molar-refractivity contribution in [1.82, 2.24) is 4.31 Å². The number of hydrogen-bond donors (Lipinski definition) is 1. The standard InChI is InChI=1S/C12H11BrN2O4S/c13-9-4-3-8(7-14)11(6-9)20(18,19)15-5-1-2-10(15)12(16)17/h3-4,6,10H,1-2,5H2,(H,16,17)/t10-/m1/s1. The van der Waals surface area contributed by atoms with E-state index in [1.807, 2.05) is 6.07 Å². The Morgan fingerprint density at radius 1 is 1.50 bits per heavy atom. The van der Waals surface area contributed by atoms with Gasteiger partial charge in [0.05, 0.1) is 5.56 Å². The Morgan fingerprint density at radius 2 is 2.20 bits per heavy atom. The monoisotopic (exact) mass is 358 g/mol. The molecule has 20 heavy (non-hydrogen) atoms. The van der Waals surface area contributed by atoms with E-state index in [9.17, 15) is 13.2 Å². The van der Waals surface area contributed by atoms with Crippen molar-refractivity contribution in [2.75, 3.05) is 6.54 Å². The summed E-state index contributed by atoms with van der Waals surface area (Å²) in [6.07, 6.45) is 0.774. The van der Waals surface area contributed by atoms with Crippen LogP contribution in [-0.2, 0) is 14.8 Å². The van der Waals surface area contributed by atoms with E-state index >= 15 is 0 Å². The molecule has 106 valence electrons. The van der Waals surface area contributed by atoms with Crippen LogP contribution >= 0.6 is 15.9 Å². The Morgan fingerprint density at radius 3 is 2.80 bits per heavy atom. The summed E-state index contributed by atoms with van der Waals surface area (Å²) in [5.74, 6) is -1.17. The highest BCUT2D eigenvalue weighted by Gasteiger charge is 2.40. The maximum absolute atomic E-state index is 12.6. The molecule has 1 fully saturated rings. The largest absolute Gasteiger partial charge is 0.480 e. The van der Waals surface area contributed by atoms with Gasteiger partial charge in [-0.2, -0.15) is 9.57 Å². The number of carboxylic acid groups (broad SMARTS) is 1. The summed E-state index contributed by atoms with van der Waals surface area (Å²) >= 11 is 3.16. The van der Waals surface area contributed by atoms with Crippen LogP contribution < -0.4 is 0 Å². The summed E-state index contributed by atoms with van der Waals surface area (Å²) in [5, 5.41) is 18.1. The summed E-state index contributed by atoms with van der Waals surface area (Å²) in [6.45, 7) is 0.149. The van der Waals surface area contributed by atoms with E-state index in [4.69, 9.17) is 10.4 Å². The molecule has 1 saturated heterocycles. The first-order valence-electron chi connectivity index (χ1n) is 5.82. The lowest BCUT2D eigenvalue weighted by atomic mass is 10.2. The summed E-state index contributed by atoms with van der Waals surface area (Å²) < 4.78 is 26.6. The van der Waals surface area contributed by atoms with Crippen LogP contribution in [0.15, 0.2) is 27.6 Å². The van der Waals surface area contributed by atoms with Crippen molar-refractivity contribution in [2.45, 2.75) is 23.8 Å². The lowest BCUT2D eigenvalue weighted by Crippen LogP contribution is -2.40. The van der Waals surface area contributed by atoms with Gasteiger partial charge in [-0.1, -0.05) is 15.9 Å². The highest BCUT2D eigenvalue weighted by Crippen LogP contribution is 2.29. The van der Waals surface area contributed by atoms with Gasteiger partial charge in [0.25, 0.3) is 0 Å². The van der Waals surface area contributed by atoms with Gasteiger partial charge in [0, 0.05) is 11.0 Å². The number of carboxylic acids is 1. The molecule has 0 radical (unpaired) electrons. The second-order valence-electron chi connectivity index (χ2n) is 4.36. The van der Waals surface area contributed by atoms with Crippen LogP contribution in [0.4, 0.5) is 0 Å². The van der Waals surface area contributed by atoms with Crippen LogP contribution in [0.5, 0.6) is 0 Å². The third kappa shape index (κ3) is 2.57. The van der Waals surface area contributed by atoms with Gasteiger partial charge in [0.2, 0.25) is 10.0 Å². The van der Waals surface area contributed by atoms with E-state index in [1.165, 1.54) is 12.1 Å². The van der Waals surface area contributed by atoms with Gasteiger partial charge in [0.15, 0.2) is 0 Å². The van der Waals surface area contributed by atoms with Crippen molar-refractivity contribution in [1.29, 1.82) is 5.26 Å². The van der Waals surface area contributed by atoms with E-state index in [2.05, 4.69) is 15.9 Å². The Kier molecular flexibility index (Phi) is 4.13. The quantitative estimate of drug-likeness (QED) is 0.883. The van der Waals surface area contributed by atoms with Gasteiger partial charge < -0.3 is 5.11 Å². The van der Waals surface area contributed by atoms with E-state index in [0.29, 0.717) is 10.9 Å². The molecule has 8 heteroatoms. The number of nitriles is 1. The Labute approximate surface area is 124 Å². The first-order chi connectivity index (χ1) is 9.37. The topological polar surface area (TPSA) is 98.5 Å². The fraction of sp³-hybridized carbons (Fsp3) is 0.333. The van der Waals surface area contributed by atoms with E-state index in [0.717, 1.165) is 4.31 Å². The SMILES string of the molecule is N#Cc1ccc(Br)cc1S(=O)(=O)N1CCC[C@@H]1C(=O)O. The van der Waals surface area contributed by atoms with Crippen molar-refractivity contribution in [3.8, 4) is 6.07 Å². The molecule has 0 amide bonds. The minimum Gasteiger partial charge on any atom is -0.480 e. The molecule has 1 aromatic rings. The average Bonchev–Trinajstić information content (AvgIpc) is 2.88. The average molecular weight is 359 g/mol. The van der Waals surface area contributed by atoms with Gasteiger partial charge in [-0.15, -0.1) is 0 Å². The molecular weight excluding hydrogens is 348 g/mol. The van der Waals surface area contributed by atoms with Crippen molar-refractivity contribution in [2.24, 2.45) is 0 Å². The number of hydrogen-bond acceptors (Lipinski definition) is 4. The first kappa shape index (κ1) is 15.0. The molecule has 1 N–H and O–H groups in total. The van der Waals surface area contributed by atoms with Gasteiger partial charge >= 0.3 is 5.97 Å². The van der Waals surface area contributed by atoms with E-state index < -0.39 is 22.0 Å². The second kappa shape index (κ2) is 5.52. The summed E-state index contributed by atoms with van der Waals surface area (Å²) in [4.78, 5) is 11.0. The summed E-state index contributed by atoms with van der Waals surface area (Å²) in [5.41, 5.74) is 0.00392. The zero-order chi connectivity index (χ0) is 14.9. The predicted molar refractivity (Wildman–Crippen MR) is 73.4 cm³/mol. The molecule has 0 spiro atoms. The smallest absolute Gasteiger partial charge is 0.322 e. The molecule has 1 atom stereocenters. The molecular formula is C12H11BrN2O4S. The van der Waals surface area contributed by atoms with Crippen molar-refractivity contribution in [3.63, 3.8) is 0 Å². The van der Waals surface area contributed by atoms with Crippen LogP contribution in [0.25, 0.3) is 0 Å². The number of benzene rings is 1. The fourth-order valence-electron chi connectivity index (χ4n) is 2.20. The maximum atomic E-state index is 12.6. The zero-order valence-electron chi connectivity index (χ0n) is 10.3. The highest BCUT2D eigenvalue weighted by molar-refractivity contribution is 9.10. The third-order valence-electron chi connectivity index (χ3n) is 3.14. The fourth-order valence-corrected chi connectivity index (χ4v) is 4.54. The third-order valence-corrected chi connectivity index (χ3v) is 5.58. The molecule has 0 aliphatic carbocycles. The maximum Gasteiger partial charge on any atom is 0.322 e. The van der Waals surface area contributed by atoms with Crippen molar-refractivity contribution in [3.05, 3.63) is 28.2 Å². The summed E-state index contributed by atoms with van der Waals surface area (Å²) in [6, 6.07) is 5.04. The second-order valence-corrected chi connectivity index (χ2v) is 7.14. The molecule has 1 heterocycles. The highest BCUT2D eigenvalue weighted by atomic mass is 79.9. The van der Waals surface area contributed by atoms with E-state index in [-0.39, 0.29) is 23.4 Å². The number of carbonyl (C=O) groups is 1. The van der Waals surface area contributed by atoms with Crippen LogP contribution in [-0.4, -0.2) is 36.4 Å². The number of rotatable bonds is 3. The lowest BCUT2D eigenvalue weighted by molar-refractivity contribution is -0.140. The van der Waals surface area contributed by atoms with Crippen LogP contribution in [0.3, 0.4) is 0 Å². The van der Waals surface area contributed by atoms with Crippen molar-refractivity contribution < 1.29 is 18.3 Å². The van der Waals surface area contributed by atoms with Gasteiger partial charge in [0.1, 0.15) is 17.0 Å². The zero-order valence-corrected chi connectivity index (χ0v) is 12.7. The van der Waals surface area contributed by atoms with Crippen molar-refractivity contribution >= 4 is 31.9 Å². The molecule has 6 nitrogen and oxygen atoms in total. The molecule has 0 unspecified atom stereocenters. The van der Waals surface area contributed by atoms with E-state index in [1.54, 1.807) is 6.07 Å². The normalized spacial score (nSPS) is 19.7. The predicted octanol–water partition coefficient (Wildman–Crippen LogP) is 1.56. The van der Waals surface area contributed by atoms with Gasteiger partial charge in [-0.25, -0.2) is 8.42 Å². The first-order valence-corrected chi connectivity index (χ1v) is 8.05. The van der Waals surface area contributed by atoms with Crippen LogP contribution in [0.1, 0.15) is 18.4 Å². The molecule has 1 aliphatic heterocycles. The number of halogens is 1. The Balaban J connectivity index is 2.54. The number of nitrogens with zero attached hydrogens (tertiary/aromatic N) is 2. The molecule has 2 rings (SSSR count). The molecule has 0 saturated carbocycles. The number of sulfonamides is 1. The Bertz CT molecular complexity index is 696. The van der Waals surface area contributed by atoms with Crippen LogP contribution in [0, 0.1) is 11.3 Å². The van der Waals surface area contributed by atoms with Crippen LogP contribution in [0.2, 0.25) is 0 Å². The molecule has 0 aromatic heterocycles. The van der Waals surface area contributed by atoms with Gasteiger partial charge in [-0.3, -0.25) is 4.79 Å². The lowest BCUT2D eigenvalue weighted by Gasteiger charge is -2.21. The minimum atomic E-state index is -4.00. The van der Waals surface area contributed by atoms with Gasteiger partial charge in [-0.05, 0) is 31.0 Å². The molecule has 0 bridgehead atoms. The minimum absolute atomic E-state index is 0.00392. The Hall–Kier alpha value is -1.43. The number of aliphatic carboxylic acids is 1. The summed E-state index contributed by atoms with van der Waals surface area (Å²) in [7, 11) is -4.00.